The van der Waals surface area contributed by atoms with E-state index in [0.29, 0.717) is 11.5 Å². The van der Waals surface area contributed by atoms with Crippen molar-refractivity contribution >= 4 is 29.9 Å². The molecule has 1 unspecified atom stereocenters. The minimum atomic E-state index is 0. The molecule has 1 atom stereocenters. The summed E-state index contributed by atoms with van der Waals surface area (Å²) in [6.45, 7) is 4.38. The van der Waals surface area contributed by atoms with Crippen LogP contribution >= 0.6 is 24.0 Å². The minimum absolute atomic E-state index is 0. The van der Waals surface area contributed by atoms with Gasteiger partial charge in [-0.1, -0.05) is 13.3 Å². The summed E-state index contributed by atoms with van der Waals surface area (Å²) in [5.41, 5.74) is 0.537. The number of nitrogens with zero attached hydrogens (tertiary/aromatic N) is 2. The highest BCUT2D eigenvalue weighted by Crippen LogP contribution is 2.43. The molecule has 0 aliphatic heterocycles. The fraction of sp³-hybridized carbons (Fsp3) is 0.938. The molecular weight excluding hydrogens is 375 g/mol. The summed E-state index contributed by atoms with van der Waals surface area (Å²) in [6, 6.07) is 0.636. The number of halogens is 1. The van der Waals surface area contributed by atoms with Crippen LogP contribution in [0.1, 0.15) is 45.4 Å². The summed E-state index contributed by atoms with van der Waals surface area (Å²) in [5, 5.41) is 7.05. The smallest absolute Gasteiger partial charge is 0.191 e. The van der Waals surface area contributed by atoms with E-state index in [-0.39, 0.29) is 24.0 Å². The van der Waals surface area contributed by atoms with Crippen molar-refractivity contribution in [3.8, 4) is 0 Å². The topological polar surface area (TPSA) is 39.7 Å². The Balaban J connectivity index is 0.00000220. The Morgan fingerprint density at radius 3 is 2.33 bits per heavy atom. The highest BCUT2D eigenvalue weighted by molar-refractivity contribution is 14.0. The van der Waals surface area contributed by atoms with Crippen molar-refractivity contribution in [2.45, 2.75) is 51.5 Å². The highest BCUT2D eigenvalue weighted by Gasteiger charge is 2.35. The fourth-order valence-electron chi connectivity index (χ4n) is 3.28. The molecule has 0 aromatic heterocycles. The Morgan fingerprint density at radius 2 is 1.95 bits per heavy atom. The van der Waals surface area contributed by atoms with E-state index in [1.807, 2.05) is 7.05 Å². The molecule has 0 aromatic rings. The molecule has 2 rings (SSSR count). The van der Waals surface area contributed by atoms with E-state index in [1.54, 1.807) is 0 Å². The molecule has 0 spiro atoms. The van der Waals surface area contributed by atoms with Crippen LogP contribution in [-0.4, -0.2) is 51.1 Å². The largest absolute Gasteiger partial charge is 0.356 e. The quantitative estimate of drug-likeness (QED) is 0.387. The molecule has 0 amide bonds. The Bertz CT molecular complexity index is 328. The van der Waals surface area contributed by atoms with Gasteiger partial charge in [0.05, 0.1) is 0 Å². The molecule has 2 aliphatic carbocycles. The van der Waals surface area contributed by atoms with Gasteiger partial charge in [-0.2, -0.15) is 0 Å². The van der Waals surface area contributed by atoms with Crippen LogP contribution in [0.15, 0.2) is 4.99 Å². The maximum absolute atomic E-state index is 4.37. The Kier molecular flexibility index (Phi) is 7.74. The lowest BCUT2D eigenvalue weighted by Crippen LogP contribution is -2.49. The molecule has 2 aliphatic rings. The number of guanidine groups is 1. The lowest BCUT2D eigenvalue weighted by Gasteiger charge is -2.41. The molecule has 0 saturated heterocycles. The summed E-state index contributed by atoms with van der Waals surface area (Å²) >= 11 is 0. The molecule has 2 N–H and O–H groups in total. The van der Waals surface area contributed by atoms with Gasteiger partial charge in [-0.15, -0.1) is 24.0 Å². The normalized spacial score (nSPS) is 22.2. The Morgan fingerprint density at radius 1 is 1.29 bits per heavy atom. The van der Waals surface area contributed by atoms with Crippen LogP contribution in [0.25, 0.3) is 0 Å². The van der Waals surface area contributed by atoms with E-state index in [4.69, 9.17) is 0 Å². The summed E-state index contributed by atoms with van der Waals surface area (Å²) in [4.78, 5) is 6.72. The average molecular weight is 408 g/mol. The van der Waals surface area contributed by atoms with Gasteiger partial charge in [-0.05, 0) is 57.5 Å². The maximum atomic E-state index is 4.37. The van der Waals surface area contributed by atoms with Crippen LogP contribution in [0, 0.1) is 11.3 Å². The number of nitrogens with one attached hydrogen (secondary N) is 2. The van der Waals surface area contributed by atoms with Gasteiger partial charge < -0.3 is 15.5 Å². The lowest BCUT2D eigenvalue weighted by molar-refractivity contribution is 0.131. The van der Waals surface area contributed by atoms with E-state index in [1.165, 1.54) is 38.5 Å². The Labute approximate surface area is 147 Å². The lowest BCUT2D eigenvalue weighted by atomic mass is 9.67. The number of hydrogen-bond donors (Lipinski definition) is 2. The molecule has 0 heterocycles. The van der Waals surface area contributed by atoms with Gasteiger partial charge in [0, 0.05) is 26.2 Å². The average Bonchev–Trinajstić information content (AvgIpc) is 3.19. The van der Waals surface area contributed by atoms with Crippen molar-refractivity contribution in [1.29, 1.82) is 0 Å². The van der Waals surface area contributed by atoms with Crippen LogP contribution in [-0.2, 0) is 0 Å². The first-order chi connectivity index (χ1) is 9.60. The van der Waals surface area contributed by atoms with Gasteiger partial charge in [-0.25, -0.2) is 0 Å². The predicted octanol–water partition coefficient (Wildman–Crippen LogP) is 2.69. The molecule has 2 saturated carbocycles. The van der Waals surface area contributed by atoms with Crippen molar-refractivity contribution in [3.05, 3.63) is 0 Å². The minimum Gasteiger partial charge on any atom is -0.356 e. The van der Waals surface area contributed by atoms with Gasteiger partial charge in [0.15, 0.2) is 5.96 Å². The van der Waals surface area contributed by atoms with Crippen LogP contribution < -0.4 is 10.6 Å². The summed E-state index contributed by atoms with van der Waals surface area (Å²) in [6.07, 6.45) is 8.18. The zero-order valence-electron chi connectivity index (χ0n) is 14.1. The second kappa shape index (κ2) is 8.56. The molecule has 21 heavy (non-hydrogen) atoms. The van der Waals surface area contributed by atoms with Gasteiger partial charge in [0.1, 0.15) is 0 Å². The standard InChI is InChI=1S/C16H32N4.HI/c1-5-16(9-6-10-16)12-19-15(17-2)18-11-14(20(3)4)13-7-8-13;/h13-14H,5-12H2,1-4H3,(H2,17,18,19);1H. The zero-order chi connectivity index (χ0) is 14.6. The monoisotopic (exact) mass is 408 g/mol. The molecule has 0 radical (unpaired) electrons. The summed E-state index contributed by atoms with van der Waals surface area (Å²) < 4.78 is 0. The van der Waals surface area contributed by atoms with Gasteiger partial charge in [-0.3, -0.25) is 4.99 Å². The third kappa shape index (κ3) is 5.27. The first-order valence-electron chi connectivity index (χ1n) is 8.21. The van der Waals surface area contributed by atoms with E-state index in [2.05, 4.69) is 41.5 Å². The SMILES string of the molecule is CCC1(CNC(=NC)NCC(C2CC2)N(C)C)CCC1.I. The van der Waals surface area contributed by atoms with Crippen molar-refractivity contribution in [2.75, 3.05) is 34.2 Å². The van der Waals surface area contributed by atoms with E-state index < -0.39 is 0 Å². The molecule has 2 fully saturated rings. The summed E-state index contributed by atoms with van der Waals surface area (Å²) in [5.74, 6) is 1.85. The molecule has 0 aromatic carbocycles. The molecule has 0 bridgehead atoms. The van der Waals surface area contributed by atoms with E-state index >= 15 is 0 Å². The molecule has 5 heteroatoms. The van der Waals surface area contributed by atoms with Gasteiger partial charge >= 0.3 is 0 Å². The number of hydrogen-bond acceptors (Lipinski definition) is 2. The van der Waals surface area contributed by atoms with Gasteiger partial charge in [0.2, 0.25) is 0 Å². The molecule has 124 valence electrons. The third-order valence-electron chi connectivity index (χ3n) is 5.33. The second-order valence-corrected chi connectivity index (χ2v) is 6.88. The van der Waals surface area contributed by atoms with Crippen LogP contribution in [0.4, 0.5) is 0 Å². The first kappa shape index (κ1) is 19.0. The van der Waals surface area contributed by atoms with Crippen molar-refractivity contribution < 1.29 is 0 Å². The fourth-order valence-corrected chi connectivity index (χ4v) is 3.28. The van der Waals surface area contributed by atoms with Crippen molar-refractivity contribution in [2.24, 2.45) is 16.3 Å². The van der Waals surface area contributed by atoms with E-state index in [9.17, 15) is 0 Å². The third-order valence-corrected chi connectivity index (χ3v) is 5.33. The maximum Gasteiger partial charge on any atom is 0.191 e. The Hall–Kier alpha value is -0.0400. The molecule has 4 nitrogen and oxygen atoms in total. The van der Waals surface area contributed by atoms with E-state index in [0.717, 1.165) is 25.0 Å². The van der Waals surface area contributed by atoms with Crippen LogP contribution in [0.2, 0.25) is 0 Å². The number of aliphatic imine (C=N–C) groups is 1. The van der Waals surface area contributed by atoms with Crippen molar-refractivity contribution in [1.82, 2.24) is 15.5 Å². The van der Waals surface area contributed by atoms with Gasteiger partial charge in [0.25, 0.3) is 0 Å². The predicted molar refractivity (Wildman–Crippen MR) is 102 cm³/mol. The number of likely N-dealkylation sites (N-methyl/N-ethyl adjacent to an activating group) is 1. The van der Waals surface area contributed by atoms with Crippen LogP contribution in [0.5, 0.6) is 0 Å². The second-order valence-electron chi connectivity index (χ2n) is 6.88. The summed E-state index contributed by atoms with van der Waals surface area (Å²) in [7, 11) is 6.24. The zero-order valence-corrected chi connectivity index (χ0v) is 16.4. The van der Waals surface area contributed by atoms with Crippen molar-refractivity contribution in [3.63, 3.8) is 0 Å². The van der Waals surface area contributed by atoms with Crippen LogP contribution in [0.3, 0.4) is 0 Å². The number of rotatable bonds is 7. The first-order valence-corrected chi connectivity index (χ1v) is 8.21. The highest BCUT2D eigenvalue weighted by atomic mass is 127. The molecular formula is C16H33IN4.